The molecule has 1 fully saturated rings. The predicted octanol–water partition coefficient (Wildman–Crippen LogP) is 0.695. The molecule has 0 atom stereocenters. The quantitative estimate of drug-likeness (QED) is 0.507. The van der Waals surface area contributed by atoms with Gasteiger partial charge in [-0.3, -0.25) is 4.79 Å². The summed E-state index contributed by atoms with van der Waals surface area (Å²) in [6, 6.07) is 0. The first kappa shape index (κ1) is 11.5. The second-order valence-corrected chi connectivity index (χ2v) is 3.82. The topological polar surface area (TPSA) is 61.5 Å². The molecule has 0 aromatic carbocycles. The van der Waals surface area contributed by atoms with Crippen LogP contribution in [-0.2, 0) is 14.3 Å². The van der Waals surface area contributed by atoms with E-state index in [0.29, 0.717) is 19.8 Å². The van der Waals surface area contributed by atoms with E-state index in [-0.39, 0.29) is 11.4 Å². The van der Waals surface area contributed by atoms with Crippen molar-refractivity contribution in [1.29, 1.82) is 0 Å². The number of methoxy groups -OCH3 is 1. The first-order chi connectivity index (χ1) is 6.75. The van der Waals surface area contributed by atoms with Gasteiger partial charge in [0, 0.05) is 26.7 Å². The standard InChI is InChI=1S/C10H19NO3/c1-13-6-3-7-14-9(12)10(8-11)4-2-5-10/h2-8,11H2,1H3. The number of rotatable bonds is 6. The van der Waals surface area contributed by atoms with Gasteiger partial charge in [0.15, 0.2) is 0 Å². The fourth-order valence-corrected chi connectivity index (χ4v) is 1.62. The Morgan fingerprint density at radius 1 is 1.43 bits per heavy atom. The molecule has 0 amide bonds. The molecule has 4 heteroatoms. The Bertz CT molecular complexity index is 184. The molecule has 0 radical (unpaired) electrons. The van der Waals surface area contributed by atoms with Crippen LogP contribution in [0.15, 0.2) is 0 Å². The first-order valence-electron chi connectivity index (χ1n) is 5.11. The third kappa shape index (κ3) is 2.45. The van der Waals surface area contributed by atoms with Crippen LogP contribution >= 0.6 is 0 Å². The second-order valence-electron chi connectivity index (χ2n) is 3.82. The van der Waals surface area contributed by atoms with E-state index in [1.54, 1.807) is 7.11 Å². The summed E-state index contributed by atoms with van der Waals surface area (Å²) in [5.74, 6) is -0.123. The zero-order valence-corrected chi connectivity index (χ0v) is 8.75. The van der Waals surface area contributed by atoms with E-state index in [2.05, 4.69) is 0 Å². The molecule has 0 heterocycles. The van der Waals surface area contributed by atoms with Gasteiger partial charge in [-0.2, -0.15) is 0 Å². The molecule has 0 saturated heterocycles. The van der Waals surface area contributed by atoms with Gasteiger partial charge in [-0.15, -0.1) is 0 Å². The Labute approximate surface area is 84.7 Å². The van der Waals surface area contributed by atoms with Crippen molar-refractivity contribution in [3.63, 3.8) is 0 Å². The summed E-state index contributed by atoms with van der Waals surface area (Å²) in [6.45, 7) is 1.48. The van der Waals surface area contributed by atoms with Crippen molar-refractivity contribution in [1.82, 2.24) is 0 Å². The van der Waals surface area contributed by atoms with Crippen LogP contribution in [0.3, 0.4) is 0 Å². The summed E-state index contributed by atoms with van der Waals surface area (Å²) < 4.78 is 10.0. The summed E-state index contributed by atoms with van der Waals surface area (Å²) in [7, 11) is 1.63. The van der Waals surface area contributed by atoms with Crippen molar-refractivity contribution in [2.24, 2.45) is 11.1 Å². The molecule has 14 heavy (non-hydrogen) atoms. The summed E-state index contributed by atoms with van der Waals surface area (Å²) in [5.41, 5.74) is 5.22. The Morgan fingerprint density at radius 2 is 2.14 bits per heavy atom. The predicted molar refractivity (Wildman–Crippen MR) is 52.8 cm³/mol. The lowest BCUT2D eigenvalue weighted by Gasteiger charge is -2.37. The molecule has 0 aromatic heterocycles. The molecule has 1 saturated carbocycles. The molecule has 1 aliphatic carbocycles. The average molecular weight is 201 g/mol. The maximum atomic E-state index is 11.6. The zero-order valence-electron chi connectivity index (χ0n) is 8.75. The number of carbonyl (C=O) groups excluding carboxylic acids is 1. The monoisotopic (exact) mass is 201 g/mol. The minimum Gasteiger partial charge on any atom is -0.465 e. The number of nitrogens with two attached hydrogens (primary N) is 1. The number of ether oxygens (including phenoxy) is 2. The van der Waals surface area contributed by atoms with Crippen LogP contribution in [0.4, 0.5) is 0 Å². The summed E-state index contributed by atoms with van der Waals surface area (Å²) >= 11 is 0. The molecule has 1 aliphatic rings. The van der Waals surface area contributed by atoms with Gasteiger partial charge in [0.1, 0.15) is 0 Å². The van der Waals surface area contributed by atoms with E-state index in [1.807, 2.05) is 0 Å². The molecule has 1 rings (SSSR count). The lowest BCUT2D eigenvalue weighted by Crippen LogP contribution is -2.45. The van der Waals surface area contributed by atoms with Gasteiger partial charge in [0.05, 0.1) is 12.0 Å². The van der Waals surface area contributed by atoms with Crippen molar-refractivity contribution < 1.29 is 14.3 Å². The third-order valence-electron chi connectivity index (χ3n) is 2.86. The molecule has 0 aromatic rings. The normalized spacial score (nSPS) is 18.7. The van der Waals surface area contributed by atoms with Crippen molar-refractivity contribution in [2.45, 2.75) is 25.7 Å². The Balaban J connectivity index is 2.20. The minimum atomic E-state index is -0.354. The van der Waals surface area contributed by atoms with Gasteiger partial charge in [-0.25, -0.2) is 0 Å². The fraction of sp³-hybridized carbons (Fsp3) is 0.900. The van der Waals surface area contributed by atoms with Gasteiger partial charge < -0.3 is 15.2 Å². The van der Waals surface area contributed by atoms with Crippen LogP contribution in [0, 0.1) is 5.41 Å². The molecule has 82 valence electrons. The van der Waals surface area contributed by atoms with Crippen molar-refractivity contribution in [3.8, 4) is 0 Å². The molecule has 4 nitrogen and oxygen atoms in total. The third-order valence-corrected chi connectivity index (χ3v) is 2.86. The van der Waals surface area contributed by atoms with Crippen LogP contribution in [0.5, 0.6) is 0 Å². The molecule has 0 spiro atoms. The number of esters is 1. The van der Waals surface area contributed by atoms with Crippen LogP contribution in [0.2, 0.25) is 0 Å². The maximum Gasteiger partial charge on any atom is 0.313 e. The van der Waals surface area contributed by atoms with E-state index < -0.39 is 0 Å². The Morgan fingerprint density at radius 3 is 2.57 bits per heavy atom. The largest absolute Gasteiger partial charge is 0.465 e. The van der Waals surface area contributed by atoms with Crippen LogP contribution in [0.25, 0.3) is 0 Å². The van der Waals surface area contributed by atoms with E-state index in [0.717, 1.165) is 25.7 Å². The number of hydrogen-bond donors (Lipinski definition) is 1. The van der Waals surface area contributed by atoms with Gasteiger partial charge in [0.25, 0.3) is 0 Å². The van der Waals surface area contributed by atoms with Gasteiger partial charge in [0.2, 0.25) is 0 Å². The SMILES string of the molecule is COCCCOC(=O)C1(CN)CCC1. The zero-order chi connectivity index (χ0) is 10.4. The minimum absolute atomic E-state index is 0.123. The molecule has 0 bridgehead atoms. The molecular formula is C10H19NO3. The smallest absolute Gasteiger partial charge is 0.313 e. The number of hydrogen-bond acceptors (Lipinski definition) is 4. The van der Waals surface area contributed by atoms with E-state index >= 15 is 0 Å². The highest BCUT2D eigenvalue weighted by atomic mass is 16.5. The van der Waals surface area contributed by atoms with Crippen LogP contribution in [0.1, 0.15) is 25.7 Å². The molecule has 0 unspecified atom stereocenters. The van der Waals surface area contributed by atoms with E-state index in [4.69, 9.17) is 15.2 Å². The number of carbonyl (C=O) groups is 1. The van der Waals surface area contributed by atoms with Crippen molar-refractivity contribution >= 4 is 5.97 Å². The Kier molecular flexibility index (Phi) is 4.35. The van der Waals surface area contributed by atoms with E-state index in [1.165, 1.54) is 0 Å². The van der Waals surface area contributed by atoms with Gasteiger partial charge >= 0.3 is 5.97 Å². The van der Waals surface area contributed by atoms with Crippen molar-refractivity contribution in [2.75, 3.05) is 26.9 Å². The van der Waals surface area contributed by atoms with Crippen LogP contribution in [-0.4, -0.2) is 32.8 Å². The van der Waals surface area contributed by atoms with E-state index in [9.17, 15) is 4.79 Å². The van der Waals surface area contributed by atoms with Crippen LogP contribution < -0.4 is 5.73 Å². The Hall–Kier alpha value is -0.610. The summed E-state index contributed by atoms with van der Waals surface area (Å²) in [5, 5.41) is 0. The van der Waals surface area contributed by atoms with Gasteiger partial charge in [-0.05, 0) is 12.8 Å². The first-order valence-corrected chi connectivity index (χ1v) is 5.11. The average Bonchev–Trinajstić information content (AvgIpc) is 2.12. The fourth-order valence-electron chi connectivity index (χ4n) is 1.62. The van der Waals surface area contributed by atoms with Gasteiger partial charge in [-0.1, -0.05) is 6.42 Å². The molecule has 2 N–H and O–H groups in total. The highest BCUT2D eigenvalue weighted by molar-refractivity contribution is 5.78. The summed E-state index contributed by atoms with van der Waals surface area (Å²) in [4.78, 5) is 11.6. The van der Waals surface area contributed by atoms with Crippen molar-refractivity contribution in [3.05, 3.63) is 0 Å². The molecular weight excluding hydrogens is 182 g/mol. The molecule has 0 aliphatic heterocycles. The maximum absolute atomic E-state index is 11.6. The second kappa shape index (κ2) is 5.32. The highest BCUT2D eigenvalue weighted by Gasteiger charge is 2.44. The highest BCUT2D eigenvalue weighted by Crippen LogP contribution is 2.40. The summed E-state index contributed by atoms with van der Waals surface area (Å²) in [6.07, 6.45) is 3.60. The lowest BCUT2D eigenvalue weighted by molar-refractivity contribution is -0.161. The lowest BCUT2D eigenvalue weighted by atomic mass is 9.69.